The number of benzene rings is 2. The number of aromatic nitrogens is 2. The Morgan fingerprint density at radius 1 is 1.08 bits per heavy atom. The standard InChI is InChI=1S/C19H16BrN3O/c20-16-17(14-8-2-1-3-9-14)21-22-18(16)19(24)23-12-6-10-13-7-4-5-11-15(13)23/h1-5,7-9,11H,6,10,12H2,(H,21,22). The second-order valence-corrected chi connectivity index (χ2v) is 6.61. The van der Waals surface area contributed by atoms with Gasteiger partial charge in [0, 0.05) is 17.8 Å². The van der Waals surface area contributed by atoms with Crippen LogP contribution in [0.1, 0.15) is 22.5 Å². The van der Waals surface area contributed by atoms with Crippen LogP contribution in [-0.4, -0.2) is 22.6 Å². The van der Waals surface area contributed by atoms with E-state index in [1.54, 1.807) is 0 Å². The molecule has 0 saturated carbocycles. The van der Waals surface area contributed by atoms with Crippen molar-refractivity contribution in [1.82, 2.24) is 10.2 Å². The Morgan fingerprint density at radius 2 is 1.83 bits per heavy atom. The van der Waals surface area contributed by atoms with Crippen molar-refractivity contribution < 1.29 is 4.79 Å². The van der Waals surface area contributed by atoms with Gasteiger partial charge in [-0.25, -0.2) is 0 Å². The molecule has 0 radical (unpaired) electrons. The van der Waals surface area contributed by atoms with Gasteiger partial charge in [-0.05, 0) is 40.4 Å². The molecule has 4 nitrogen and oxygen atoms in total. The Kier molecular flexibility index (Phi) is 3.94. The number of para-hydroxylation sites is 1. The minimum Gasteiger partial charge on any atom is -0.307 e. The summed E-state index contributed by atoms with van der Waals surface area (Å²) in [5.74, 6) is -0.0521. The van der Waals surface area contributed by atoms with E-state index in [4.69, 9.17) is 0 Å². The van der Waals surface area contributed by atoms with Crippen molar-refractivity contribution in [3.8, 4) is 11.3 Å². The third-order valence-electron chi connectivity index (χ3n) is 4.32. The van der Waals surface area contributed by atoms with E-state index in [1.807, 2.05) is 53.4 Å². The number of aryl methyl sites for hydroxylation is 1. The number of aromatic amines is 1. The van der Waals surface area contributed by atoms with Crippen LogP contribution < -0.4 is 4.90 Å². The van der Waals surface area contributed by atoms with Crippen LogP contribution in [-0.2, 0) is 6.42 Å². The number of carbonyl (C=O) groups is 1. The van der Waals surface area contributed by atoms with Crippen LogP contribution in [0.4, 0.5) is 5.69 Å². The van der Waals surface area contributed by atoms with Gasteiger partial charge in [0.05, 0.1) is 4.47 Å². The van der Waals surface area contributed by atoms with Gasteiger partial charge in [0.15, 0.2) is 0 Å². The molecule has 2 aromatic carbocycles. The Balaban J connectivity index is 1.71. The molecule has 0 atom stereocenters. The first-order valence-electron chi connectivity index (χ1n) is 7.95. The van der Waals surface area contributed by atoms with Crippen molar-refractivity contribution in [2.45, 2.75) is 12.8 Å². The van der Waals surface area contributed by atoms with Crippen LogP contribution in [0.5, 0.6) is 0 Å². The van der Waals surface area contributed by atoms with Crippen molar-refractivity contribution >= 4 is 27.5 Å². The minimum absolute atomic E-state index is 0.0521. The first-order chi connectivity index (χ1) is 11.8. The maximum atomic E-state index is 13.1. The van der Waals surface area contributed by atoms with E-state index in [0.717, 1.165) is 36.3 Å². The summed E-state index contributed by atoms with van der Waals surface area (Å²) in [6.07, 6.45) is 1.99. The average molecular weight is 382 g/mol. The van der Waals surface area contributed by atoms with E-state index in [2.05, 4.69) is 32.2 Å². The highest BCUT2D eigenvalue weighted by atomic mass is 79.9. The van der Waals surface area contributed by atoms with Gasteiger partial charge in [-0.1, -0.05) is 48.5 Å². The summed E-state index contributed by atoms with van der Waals surface area (Å²) in [5, 5.41) is 7.25. The number of H-pyrrole nitrogens is 1. The van der Waals surface area contributed by atoms with Crippen LogP contribution in [0.2, 0.25) is 0 Å². The van der Waals surface area contributed by atoms with Gasteiger partial charge < -0.3 is 4.90 Å². The summed E-state index contributed by atoms with van der Waals surface area (Å²) in [6.45, 7) is 0.724. The van der Waals surface area contributed by atoms with Crippen molar-refractivity contribution in [3.63, 3.8) is 0 Å². The quantitative estimate of drug-likeness (QED) is 0.713. The number of nitrogens with zero attached hydrogens (tertiary/aromatic N) is 2. The summed E-state index contributed by atoms with van der Waals surface area (Å²) in [6, 6.07) is 17.9. The molecule has 0 spiro atoms. The zero-order valence-corrected chi connectivity index (χ0v) is 14.6. The van der Waals surface area contributed by atoms with Gasteiger partial charge in [-0.2, -0.15) is 5.10 Å². The zero-order valence-electron chi connectivity index (χ0n) is 13.0. The summed E-state index contributed by atoms with van der Waals surface area (Å²) in [7, 11) is 0. The molecule has 5 heteroatoms. The number of hydrogen-bond acceptors (Lipinski definition) is 2. The number of fused-ring (bicyclic) bond motifs is 1. The SMILES string of the molecule is O=C(c1[nH]nc(-c2ccccc2)c1Br)N1CCCc2ccccc21. The molecule has 1 aliphatic rings. The van der Waals surface area contributed by atoms with Crippen LogP contribution in [0.15, 0.2) is 59.1 Å². The lowest BCUT2D eigenvalue weighted by molar-refractivity contribution is 0.0979. The maximum Gasteiger partial charge on any atom is 0.277 e. The smallest absolute Gasteiger partial charge is 0.277 e. The molecule has 0 saturated heterocycles. The molecule has 1 amide bonds. The first kappa shape index (κ1) is 15.1. The third kappa shape index (κ3) is 2.55. The molecule has 120 valence electrons. The van der Waals surface area contributed by atoms with E-state index in [1.165, 1.54) is 5.56 Å². The Bertz CT molecular complexity index is 889. The van der Waals surface area contributed by atoms with Crippen molar-refractivity contribution in [3.05, 3.63) is 70.3 Å². The number of amides is 1. The number of halogens is 1. The Morgan fingerprint density at radius 3 is 2.67 bits per heavy atom. The fourth-order valence-electron chi connectivity index (χ4n) is 3.14. The molecule has 1 aromatic heterocycles. The number of rotatable bonds is 2. The first-order valence-corrected chi connectivity index (χ1v) is 8.74. The summed E-state index contributed by atoms with van der Waals surface area (Å²) < 4.78 is 0.710. The van der Waals surface area contributed by atoms with Crippen LogP contribution in [0.3, 0.4) is 0 Å². The predicted octanol–water partition coefficient (Wildman–Crippen LogP) is 4.43. The highest BCUT2D eigenvalue weighted by molar-refractivity contribution is 9.10. The molecule has 0 fully saturated rings. The van der Waals surface area contributed by atoms with Crippen molar-refractivity contribution in [2.24, 2.45) is 0 Å². The van der Waals surface area contributed by atoms with E-state index < -0.39 is 0 Å². The molecule has 1 aliphatic heterocycles. The molecular formula is C19H16BrN3O. The van der Waals surface area contributed by atoms with Gasteiger partial charge in [0.1, 0.15) is 11.4 Å². The molecule has 24 heavy (non-hydrogen) atoms. The summed E-state index contributed by atoms with van der Waals surface area (Å²) >= 11 is 3.55. The largest absolute Gasteiger partial charge is 0.307 e. The molecular weight excluding hydrogens is 366 g/mol. The average Bonchev–Trinajstić information content (AvgIpc) is 3.03. The van der Waals surface area contributed by atoms with Crippen LogP contribution >= 0.6 is 15.9 Å². The maximum absolute atomic E-state index is 13.1. The monoisotopic (exact) mass is 381 g/mol. The molecule has 0 unspecified atom stereocenters. The number of anilines is 1. The highest BCUT2D eigenvalue weighted by Crippen LogP contribution is 2.32. The zero-order chi connectivity index (χ0) is 16.5. The lowest BCUT2D eigenvalue weighted by Gasteiger charge is -2.29. The second kappa shape index (κ2) is 6.24. The number of hydrogen-bond donors (Lipinski definition) is 1. The van der Waals surface area contributed by atoms with Crippen LogP contribution in [0.25, 0.3) is 11.3 Å². The van der Waals surface area contributed by atoms with E-state index in [9.17, 15) is 4.79 Å². The normalized spacial score (nSPS) is 13.6. The predicted molar refractivity (Wildman–Crippen MR) is 98.2 cm³/mol. The van der Waals surface area contributed by atoms with Gasteiger partial charge in [0.2, 0.25) is 0 Å². The van der Waals surface area contributed by atoms with E-state index in [0.29, 0.717) is 10.2 Å². The summed E-state index contributed by atoms with van der Waals surface area (Å²) in [4.78, 5) is 14.9. The minimum atomic E-state index is -0.0521. The number of nitrogens with one attached hydrogen (secondary N) is 1. The van der Waals surface area contributed by atoms with Gasteiger partial charge >= 0.3 is 0 Å². The lowest BCUT2D eigenvalue weighted by Crippen LogP contribution is -2.35. The molecule has 2 heterocycles. The molecule has 4 rings (SSSR count). The second-order valence-electron chi connectivity index (χ2n) is 5.82. The third-order valence-corrected chi connectivity index (χ3v) is 5.10. The number of carbonyl (C=O) groups excluding carboxylic acids is 1. The van der Waals surface area contributed by atoms with Gasteiger partial charge in [-0.15, -0.1) is 0 Å². The van der Waals surface area contributed by atoms with E-state index in [-0.39, 0.29) is 5.91 Å². The molecule has 1 N–H and O–H groups in total. The topological polar surface area (TPSA) is 49.0 Å². The van der Waals surface area contributed by atoms with Gasteiger partial charge in [-0.3, -0.25) is 9.89 Å². The molecule has 0 bridgehead atoms. The fourth-order valence-corrected chi connectivity index (χ4v) is 3.71. The van der Waals surface area contributed by atoms with Gasteiger partial charge in [0.25, 0.3) is 5.91 Å². The highest BCUT2D eigenvalue weighted by Gasteiger charge is 2.27. The Labute approximate surface area is 148 Å². The fraction of sp³-hybridized carbons (Fsp3) is 0.158. The van der Waals surface area contributed by atoms with E-state index >= 15 is 0 Å². The van der Waals surface area contributed by atoms with Crippen molar-refractivity contribution in [1.29, 1.82) is 0 Å². The van der Waals surface area contributed by atoms with Crippen LogP contribution in [0, 0.1) is 0 Å². The molecule has 0 aliphatic carbocycles. The lowest BCUT2D eigenvalue weighted by atomic mass is 10.0. The molecule has 3 aromatic rings. The summed E-state index contributed by atoms with van der Waals surface area (Å²) in [5.41, 5.74) is 4.43. The Hall–Kier alpha value is -2.40. The van der Waals surface area contributed by atoms with Crippen molar-refractivity contribution in [2.75, 3.05) is 11.4 Å².